The average molecular weight is 487 g/mol. The topological polar surface area (TPSA) is 80.7 Å². The van der Waals surface area contributed by atoms with Gasteiger partial charge in [-0.2, -0.15) is 0 Å². The molecule has 7 atom stereocenters. The SMILES string of the molecule is CCC(=O)O[C@]1(C(=O)SCF)CC[C@H]2[C@@H]3CC(F)=C4CC(=O)C=C[C@]4(C)[C@@]3(F)[C@@H](O)C[C@@]21C. The molecule has 0 heterocycles. The summed E-state index contributed by atoms with van der Waals surface area (Å²) < 4.78 is 51.3. The zero-order chi connectivity index (χ0) is 24.4. The van der Waals surface area contributed by atoms with E-state index in [4.69, 9.17) is 4.74 Å². The Labute approximate surface area is 195 Å². The second kappa shape index (κ2) is 7.97. The molecule has 4 aliphatic rings. The van der Waals surface area contributed by atoms with Crippen molar-refractivity contribution in [1.29, 1.82) is 0 Å². The Kier molecular flexibility index (Phi) is 5.92. The van der Waals surface area contributed by atoms with E-state index in [0.29, 0.717) is 11.8 Å². The molecule has 2 fully saturated rings. The molecule has 33 heavy (non-hydrogen) atoms. The molecule has 0 aromatic carbocycles. The molecular weight excluding hydrogens is 457 g/mol. The number of ketones is 1. The molecule has 0 aromatic heterocycles. The molecule has 9 heteroatoms. The highest BCUT2D eigenvalue weighted by Crippen LogP contribution is 2.71. The third kappa shape index (κ3) is 3.07. The maximum Gasteiger partial charge on any atom is 0.306 e. The summed E-state index contributed by atoms with van der Waals surface area (Å²) in [5.41, 5.74) is -6.68. The first-order valence-electron chi connectivity index (χ1n) is 11.3. The smallest absolute Gasteiger partial charge is 0.306 e. The van der Waals surface area contributed by atoms with Gasteiger partial charge in [0.15, 0.2) is 17.1 Å². The quantitative estimate of drug-likeness (QED) is 0.588. The number of rotatable bonds is 4. The zero-order valence-electron chi connectivity index (χ0n) is 19.0. The number of carbonyl (C=O) groups is 3. The highest BCUT2D eigenvalue weighted by molar-refractivity contribution is 8.13. The Bertz CT molecular complexity index is 966. The molecule has 2 saturated carbocycles. The molecule has 0 unspecified atom stereocenters. The van der Waals surface area contributed by atoms with Crippen molar-refractivity contribution < 1.29 is 37.4 Å². The van der Waals surface area contributed by atoms with Crippen molar-refractivity contribution in [2.75, 3.05) is 6.01 Å². The Morgan fingerprint density at radius 1 is 1.30 bits per heavy atom. The van der Waals surface area contributed by atoms with Crippen molar-refractivity contribution >= 4 is 28.6 Å². The average Bonchev–Trinajstić information content (AvgIpc) is 3.04. The van der Waals surface area contributed by atoms with Crippen molar-refractivity contribution in [1.82, 2.24) is 0 Å². The van der Waals surface area contributed by atoms with Crippen LogP contribution in [0.5, 0.6) is 0 Å². The summed E-state index contributed by atoms with van der Waals surface area (Å²) in [6, 6.07) is -1.01. The summed E-state index contributed by atoms with van der Waals surface area (Å²) in [6.45, 7) is 4.74. The summed E-state index contributed by atoms with van der Waals surface area (Å²) in [5.74, 6) is -3.15. The van der Waals surface area contributed by atoms with Gasteiger partial charge in [0, 0.05) is 36.0 Å². The maximum atomic E-state index is 17.1. The molecule has 0 spiro atoms. The number of hydrogen-bond acceptors (Lipinski definition) is 6. The van der Waals surface area contributed by atoms with Crippen LogP contribution in [0.1, 0.15) is 59.3 Å². The summed E-state index contributed by atoms with van der Waals surface area (Å²) in [7, 11) is 0. The van der Waals surface area contributed by atoms with Gasteiger partial charge in [-0.1, -0.05) is 19.9 Å². The van der Waals surface area contributed by atoms with Crippen LogP contribution in [-0.4, -0.2) is 45.4 Å². The van der Waals surface area contributed by atoms with Crippen molar-refractivity contribution in [3.05, 3.63) is 23.6 Å². The van der Waals surface area contributed by atoms with Crippen LogP contribution in [0.25, 0.3) is 0 Å². The third-order valence-electron chi connectivity index (χ3n) is 8.87. The van der Waals surface area contributed by atoms with Gasteiger partial charge in [0.1, 0.15) is 11.8 Å². The fourth-order valence-electron chi connectivity index (χ4n) is 7.14. The van der Waals surface area contributed by atoms with Gasteiger partial charge < -0.3 is 9.84 Å². The lowest BCUT2D eigenvalue weighted by molar-refractivity contribution is -0.220. The largest absolute Gasteiger partial charge is 0.449 e. The van der Waals surface area contributed by atoms with Crippen LogP contribution in [0.2, 0.25) is 0 Å². The summed E-state index contributed by atoms with van der Waals surface area (Å²) in [6.07, 6.45) is 0.511. The van der Waals surface area contributed by atoms with E-state index in [-0.39, 0.29) is 49.9 Å². The number of ether oxygens (including phenoxy) is 1. The zero-order valence-corrected chi connectivity index (χ0v) is 19.8. The predicted molar refractivity (Wildman–Crippen MR) is 116 cm³/mol. The number of thioether (sulfide) groups is 1. The van der Waals surface area contributed by atoms with Crippen LogP contribution in [0.3, 0.4) is 0 Å². The molecule has 5 nitrogen and oxygen atoms in total. The summed E-state index contributed by atoms with van der Waals surface area (Å²) in [5, 5.41) is 10.6. The Morgan fingerprint density at radius 2 is 2.00 bits per heavy atom. The third-order valence-corrected chi connectivity index (χ3v) is 9.57. The fraction of sp³-hybridized carbons (Fsp3) is 0.708. The summed E-state index contributed by atoms with van der Waals surface area (Å²) >= 11 is 0.392. The second-order valence-corrected chi connectivity index (χ2v) is 11.0. The monoisotopic (exact) mass is 486 g/mol. The molecule has 0 aliphatic heterocycles. The Hall–Kier alpha value is -1.61. The highest BCUT2D eigenvalue weighted by atomic mass is 32.2. The number of allylic oxidation sites excluding steroid dienone is 4. The number of halogens is 3. The van der Waals surface area contributed by atoms with Crippen LogP contribution in [0.15, 0.2) is 23.6 Å². The van der Waals surface area contributed by atoms with Gasteiger partial charge in [0.25, 0.3) is 0 Å². The van der Waals surface area contributed by atoms with Gasteiger partial charge in [0.05, 0.1) is 6.10 Å². The van der Waals surface area contributed by atoms with E-state index in [2.05, 4.69) is 0 Å². The lowest BCUT2D eigenvalue weighted by atomic mass is 9.45. The van der Waals surface area contributed by atoms with Crippen LogP contribution in [0, 0.1) is 22.7 Å². The Morgan fingerprint density at radius 3 is 2.64 bits per heavy atom. The van der Waals surface area contributed by atoms with E-state index >= 15 is 8.78 Å². The summed E-state index contributed by atoms with van der Waals surface area (Å²) in [4.78, 5) is 37.4. The molecule has 4 rings (SSSR count). The predicted octanol–water partition coefficient (Wildman–Crippen LogP) is 4.53. The van der Waals surface area contributed by atoms with Gasteiger partial charge in [-0.05, 0) is 55.5 Å². The molecular formula is C24H29F3O5S. The van der Waals surface area contributed by atoms with E-state index < -0.39 is 63.0 Å². The normalized spacial score (nSPS) is 44.2. The fourth-order valence-corrected chi connectivity index (χ4v) is 7.85. The Balaban J connectivity index is 1.85. The number of aliphatic hydroxyl groups is 1. The lowest BCUT2D eigenvalue weighted by Crippen LogP contribution is -2.69. The number of hydrogen-bond donors (Lipinski definition) is 1. The maximum absolute atomic E-state index is 17.1. The van der Waals surface area contributed by atoms with E-state index in [9.17, 15) is 23.9 Å². The molecule has 0 saturated heterocycles. The van der Waals surface area contributed by atoms with Gasteiger partial charge in [0.2, 0.25) is 5.12 Å². The van der Waals surface area contributed by atoms with Crippen LogP contribution < -0.4 is 0 Å². The van der Waals surface area contributed by atoms with Crippen molar-refractivity contribution in [2.24, 2.45) is 22.7 Å². The van der Waals surface area contributed by atoms with Crippen molar-refractivity contribution in [2.45, 2.75) is 76.7 Å². The van der Waals surface area contributed by atoms with E-state index in [1.165, 1.54) is 19.1 Å². The number of aliphatic hydroxyl groups excluding tert-OH is 1. The minimum atomic E-state index is -2.28. The van der Waals surface area contributed by atoms with Gasteiger partial charge in [-0.15, -0.1) is 0 Å². The number of esters is 1. The number of carbonyl (C=O) groups excluding carboxylic acids is 3. The van der Waals surface area contributed by atoms with Gasteiger partial charge >= 0.3 is 5.97 Å². The molecule has 0 aromatic rings. The molecule has 1 N–H and O–H groups in total. The first-order chi connectivity index (χ1) is 15.4. The molecule has 182 valence electrons. The van der Waals surface area contributed by atoms with Crippen LogP contribution in [-0.2, 0) is 19.1 Å². The van der Waals surface area contributed by atoms with E-state index in [1.54, 1.807) is 13.8 Å². The first-order valence-corrected chi connectivity index (χ1v) is 12.3. The molecule has 4 aliphatic carbocycles. The van der Waals surface area contributed by atoms with E-state index in [1.807, 2.05) is 0 Å². The van der Waals surface area contributed by atoms with Crippen LogP contribution in [0.4, 0.5) is 13.2 Å². The molecule has 0 radical (unpaired) electrons. The molecule has 0 amide bonds. The number of alkyl halides is 2. The minimum Gasteiger partial charge on any atom is -0.449 e. The van der Waals surface area contributed by atoms with Crippen molar-refractivity contribution in [3.8, 4) is 0 Å². The van der Waals surface area contributed by atoms with Gasteiger partial charge in [-0.25, -0.2) is 13.2 Å². The molecule has 0 bridgehead atoms. The van der Waals surface area contributed by atoms with Gasteiger partial charge in [-0.3, -0.25) is 14.4 Å². The van der Waals surface area contributed by atoms with Crippen LogP contribution >= 0.6 is 11.8 Å². The standard InChI is InChI=1S/C24H29F3O5S/c1-4-19(30)32-23(20(31)33-12-25)8-6-14-15-10-17(26)16-9-13(28)5-7-21(16,2)24(15,27)18(29)11-22(14,23)3/h5,7,14-15,18,29H,4,6,8-12H2,1-3H3/t14-,15-,18-,21-,22-,23-,24-/m0/s1. The lowest BCUT2D eigenvalue weighted by Gasteiger charge is -2.62. The first kappa shape index (κ1) is 24.5. The van der Waals surface area contributed by atoms with E-state index in [0.717, 1.165) is 0 Å². The second-order valence-electron chi connectivity index (χ2n) is 10.1. The van der Waals surface area contributed by atoms with Crippen molar-refractivity contribution in [3.63, 3.8) is 0 Å². The highest BCUT2D eigenvalue weighted by Gasteiger charge is 2.76. The minimum absolute atomic E-state index is 0.00722. The number of fused-ring (bicyclic) bond motifs is 5.